The van der Waals surface area contributed by atoms with Crippen molar-refractivity contribution in [3.05, 3.63) is 35.4 Å². The van der Waals surface area contributed by atoms with Crippen molar-refractivity contribution in [2.75, 3.05) is 25.1 Å². The lowest BCUT2D eigenvalue weighted by atomic mass is 10.1. The summed E-state index contributed by atoms with van der Waals surface area (Å²) in [7, 11) is 0. The summed E-state index contributed by atoms with van der Waals surface area (Å²) in [5, 5.41) is 3.27. The first-order valence-corrected chi connectivity index (χ1v) is 10.6. The molecule has 2 aromatic rings. The van der Waals surface area contributed by atoms with E-state index in [9.17, 15) is 9.18 Å². The van der Waals surface area contributed by atoms with Gasteiger partial charge in [-0.2, -0.15) is 0 Å². The van der Waals surface area contributed by atoms with Gasteiger partial charge in [0.15, 0.2) is 0 Å². The van der Waals surface area contributed by atoms with Crippen molar-refractivity contribution < 1.29 is 18.7 Å². The zero-order valence-corrected chi connectivity index (χ0v) is 18.5. The Labute approximate surface area is 182 Å². The van der Waals surface area contributed by atoms with Crippen molar-refractivity contribution in [3.63, 3.8) is 0 Å². The van der Waals surface area contributed by atoms with Crippen molar-refractivity contribution in [1.82, 2.24) is 19.9 Å². The zero-order valence-electron chi connectivity index (χ0n) is 18.5. The number of aromatic nitrogens is 3. The third-order valence-electron chi connectivity index (χ3n) is 5.10. The maximum absolute atomic E-state index is 12.5. The van der Waals surface area contributed by atoms with E-state index in [4.69, 9.17) is 9.47 Å². The first kappa shape index (κ1) is 22.7. The van der Waals surface area contributed by atoms with Gasteiger partial charge < -0.3 is 19.7 Å². The van der Waals surface area contributed by atoms with Gasteiger partial charge >= 0.3 is 6.09 Å². The van der Waals surface area contributed by atoms with Crippen LogP contribution in [-0.4, -0.2) is 57.9 Å². The highest BCUT2D eigenvalue weighted by molar-refractivity contribution is 5.68. The van der Waals surface area contributed by atoms with Gasteiger partial charge in [-0.15, -0.1) is 0 Å². The van der Waals surface area contributed by atoms with Gasteiger partial charge in [0.25, 0.3) is 0 Å². The van der Waals surface area contributed by atoms with Gasteiger partial charge in [0.05, 0.1) is 29.7 Å². The van der Waals surface area contributed by atoms with Crippen LogP contribution in [0.5, 0.6) is 5.88 Å². The summed E-state index contributed by atoms with van der Waals surface area (Å²) < 4.78 is 23.9. The van der Waals surface area contributed by atoms with E-state index in [1.54, 1.807) is 11.0 Å². The zero-order chi connectivity index (χ0) is 22.4. The number of hydrogen-bond donors (Lipinski definition) is 1. The van der Waals surface area contributed by atoms with E-state index >= 15 is 0 Å². The van der Waals surface area contributed by atoms with Crippen molar-refractivity contribution in [1.29, 1.82) is 0 Å². The molecule has 0 saturated carbocycles. The molecule has 31 heavy (non-hydrogen) atoms. The summed E-state index contributed by atoms with van der Waals surface area (Å²) in [6.45, 7) is 8.19. The fourth-order valence-corrected chi connectivity index (χ4v) is 3.38. The summed E-state index contributed by atoms with van der Waals surface area (Å²) in [4.78, 5) is 26.8. The SMILES string of the molecule is Cc1nc(CCF)ccc1Nc1ncnc(OC2CCN(C(=O)OC(C)C)CC2)c1C. The summed E-state index contributed by atoms with van der Waals surface area (Å²) in [5.41, 5.74) is 3.08. The number of anilines is 2. The fraction of sp³-hybridized carbons (Fsp3) is 0.545. The van der Waals surface area contributed by atoms with Crippen molar-refractivity contribution in [2.24, 2.45) is 0 Å². The number of hydrogen-bond acceptors (Lipinski definition) is 7. The van der Waals surface area contributed by atoms with E-state index < -0.39 is 6.67 Å². The molecule has 9 heteroatoms. The molecule has 0 bridgehead atoms. The Morgan fingerprint density at radius 3 is 2.65 bits per heavy atom. The molecule has 0 atom stereocenters. The average Bonchev–Trinajstić information content (AvgIpc) is 2.73. The van der Waals surface area contributed by atoms with E-state index in [-0.39, 0.29) is 18.3 Å². The highest BCUT2D eigenvalue weighted by Gasteiger charge is 2.26. The number of ether oxygens (including phenoxy) is 2. The first-order valence-electron chi connectivity index (χ1n) is 10.6. The quantitative estimate of drug-likeness (QED) is 0.705. The minimum Gasteiger partial charge on any atom is -0.474 e. The third kappa shape index (κ3) is 6.02. The van der Waals surface area contributed by atoms with Gasteiger partial charge in [0, 0.05) is 38.0 Å². The van der Waals surface area contributed by atoms with Crippen LogP contribution in [0.4, 0.5) is 20.7 Å². The Morgan fingerprint density at radius 1 is 1.26 bits per heavy atom. The number of rotatable bonds is 7. The van der Waals surface area contributed by atoms with Crippen LogP contribution in [0.25, 0.3) is 0 Å². The number of piperidine rings is 1. The minimum absolute atomic E-state index is 0.0343. The van der Waals surface area contributed by atoms with Crippen LogP contribution in [0.3, 0.4) is 0 Å². The van der Waals surface area contributed by atoms with E-state index in [0.717, 1.165) is 22.6 Å². The Morgan fingerprint density at radius 2 is 2.00 bits per heavy atom. The van der Waals surface area contributed by atoms with E-state index in [0.29, 0.717) is 44.0 Å². The molecule has 3 heterocycles. The standard InChI is InChI=1S/C22H30FN5O3/c1-14(2)30-22(29)28-11-8-18(9-12-28)31-21-15(3)20(24-13-25-21)27-19-6-5-17(7-10-23)26-16(19)4/h5-6,13-14,18H,7-12H2,1-4H3,(H,24,25,27). The van der Waals surface area contributed by atoms with Crippen molar-refractivity contribution in [2.45, 2.75) is 59.2 Å². The molecule has 0 aliphatic carbocycles. The van der Waals surface area contributed by atoms with Gasteiger partial charge in [0.1, 0.15) is 18.2 Å². The number of alkyl halides is 1. The molecule has 1 N–H and O–H groups in total. The minimum atomic E-state index is -0.428. The normalized spacial score (nSPS) is 14.6. The summed E-state index contributed by atoms with van der Waals surface area (Å²) in [6.07, 6.45) is 2.73. The highest BCUT2D eigenvalue weighted by Crippen LogP contribution is 2.27. The molecule has 168 valence electrons. The molecule has 8 nitrogen and oxygen atoms in total. The molecular formula is C22H30FN5O3. The Balaban J connectivity index is 1.62. The monoisotopic (exact) mass is 431 g/mol. The van der Waals surface area contributed by atoms with Crippen molar-refractivity contribution in [3.8, 4) is 5.88 Å². The molecule has 3 rings (SSSR count). The van der Waals surface area contributed by atoms with Gasteiger partial charge in [0.2, 0.25) is 5.88 Å². The molecule has 0 unspecified atom stereocenters. The molecule has 1 fully saturated rings. The lowest BCUT2D eigenvalue weighted by Crippen LogP contribution is -2.42. The lowest BCUT2D eigenvalue weighted by molar-refractivity contribution is 0.0505. The Kier molecular flexibility index (Phi) is 7.59. The number of aryl methyl sites for hydroxylation is 2. The van der Waals surface area contributed by atoms with Crippen LogP contribution in [0, 0.1) is 13.8 Å². The number of amides is 1. The largest absolute Gasteiger partial charge is 0.474 e. The Hall–Kier alpha value is -2.97. The molecule has 1 saturated heterocycles. The first-order chi connectivity index (χ1) is 14.9. The maximum Gasteiger partial charge on any atom is 0.410 e. The van der Waals surface area contributed by atoms with Crippen molar-refractivity contribution >= 4 is 17.6 Å². The number of nitrogens with zero attached hydrogens (tertiary/aromatic N) is 4. The van der Waals surface area contributed by atoms with E-state index in [1.165, 1.54) is 6.33 Å². The van der Waals surface area contributed by atoms with E-state index in [1.807, 2.05) is 33.8 Å². The topological polar surface area (TPSA) is 89.5 Å². The summed E-state index contributed by atoms with van der Waals surface area (Å²) in [6, 6.07) is 3.68. The predicted octanol–water partition coefficient (Wildman–Crippen LogP) is 4.13. The highest BCUT2D eigenvalue weighted by atomic mass is 19.1. The lowest BCUT2D eigenvalue weighted by Gasteiger charge is -2.32. The number of likely N-dealkylation sites (tertiary alicyclic amines) is 1. The maximum atomic E-state index is 12.5. The Bertz CT molecular complexity index is 901. The van der Waals surface area contributed by atoms with Crippen LogP contribution in [0.1, 0.15) is 43.6 Å². The van der Waals surface area contributed by atoms with Gasteiger partial charge in [-0.05, 0) is 39.8 Å². The van der Waals surface area contributed by atoms with Gasteiger partial charge in [-0.25, -0.2) is 14.8 Å². The number of halogens is 1. The molecule has 2 aromatic heterocycles. The van der Waals surface area contributed by atoms with Crippen LogP contribution in [0.2, 0.25) is 0 Å². The van der Waals surface area contributed by atoms with Crippen LogP contribution >= 0.6 is 0 Å². The molecule has 0 spiro atoms. The average molecular weight is 432 g/mol. The second-order valence-corrected chi connectivity index (χ2v) is 7.89. The summed E-state index contributed by atoms with van der Waals surface area (Å²) in [5.74, 6) is 1.14. The molecule has 1 aliphatic rings. The second kappa shape index (κ2) is 10.4. The fourth-order valence-electron chi connectivity index (χ4n) is 3.38. The third-order valence-corrected chi connectivity index (χ3v) is 5.10. The molecule has 0 radical (unpaired) electrons. The number of nitrogens with one attached hydrogen (secondary N) is 1. The van der Waals surface area contributed by atoms with Crippen LogP contribution in [-0.2, 0) is 11.2 Å². The molecule has 1 aliphatic heterocycles. The summed E-state index contributed by atoms with van der Waals surface area (Å²) >= 11 is 0. The van der Waals surface area contributed by atoms with Gasteiger partial charge in [-0.1, -0.05) is 0 Å². The van der Waals surface area contributed by atoms with Crippen LogP contribution < -0.4 is 10.1 Å². The molecule has 0 aromatic carbocycles. The number of carbonyl (C=O) groups excluding carboxylic acids is 1. The molecule has 1 amide bonds. The second-order valence-electron chi connectivity index (χ2n) is 7.89. The van der Waals surface area contributed by atoms with Crippen LogP contribution in [0.15, 0.2) is 18.5 Å². The van der Waals surface area contributed by atoms with E-state index in [2.05, 4.69) is 20.3 Å². The number of carbonyl (C=O) groups is 1. The van der Waals surface area contributed by atoms with Gasteiger partial charge in [-0.3, -0.25) is 9.37 Å². The predicted molar refractivity (Wildman–Crippen MR) is 116 cm³/mol. The smallest absolute Gasteiger partial charge is 0.410 e. The molecular weight excluding hydrogens is 401 g/mol. The number of pyridine rings is 1.